The highest BCUT2D eigenvalue weighted by Gasteiger charge is 1.88. The standard InChI is InChI=1S/C2H4Cl2.Cl2O2S/c3-1-2-4;1-5(2,3)4/h1-2H2;. The van der Waals surface area contributed by atoms with Crippen LogP contribution in [0, 0.1) is 0 Å². The Morgan fingerprint density at radius 2 is 1.11 bits per heavy atom. The first kappa shape index (κ1) is 12.8. The van der Waals surface area contributed by atoms with E-state index in [1.54, 1.807) is 0 Å². The molecule has 0 spiro atoms. The van der Waals surface area contributed by atoms with Gasteiger partial charge in [0.15, 0.2) is 0 Å². The number of hydrogen-bond donors (Lipinski definition) is 0. The largest absolute Gasteiger partial charge is 0.317 e. The van der Waals surface area contributed by atoms with Crippen LogP contribution < -0.4 is 0 Å². The first-order valence-electron chi connectivity index (χ1n) is 1.68. The van der Waals surface area contributed by atoms with E-state index in [9.17, 15) is 0 Å². The van der Waals surface area contributed by atoms with Crippen LogP contribution in [0.15, 0.2) is 0 Å². The molecule has 0 aromatic heterocycles. The molecule has 0 aromatic rings. The van der Waals surface area contributed by atoms with Crippen molar-refractivity contribution in [3.63, 3.8) is 0 Å². The molecule has 0 atom stereocenters. The van der Waals surface area contributed by atoms with E-state index in [0.717, 1.165) is 0 Å². The van der Waals surface area contributed by atoms with Crippen molar-refractivity contribution < 1.29 is 8.42 Å². The molecule has 0 rings (SSSR count). The second-order valence-corrected chi connectivity index (χ2v) is 5.18. The molecular formula is C2H4Cl4O2S. The quantitative estimate of drug-likeness (QED) is 0.514. The maximum atomic E-state index is 9.16. The van der Waals surface area contributed by atoms with Gasteiger partial charge in [-0.1, -0.05) is 0 Å². The SMILES string of the molecule is ClCCCl.O=S(=O)(Cl)Cl. The van der Waals surface area contributed by atoms with Crippen molar-refractivity contribution in [2.45, 2.75) is 0 Å². The van der Waals surface area contributed by atoms with Crippen LogP contribution in [0.1, 0.15) is 0 Å². The number of halogens is 4. The van der Waals surface area contributed by atoms with Gasteiger partial charge in [0, 0.05) is 33.1 Å². The molecule has 0 saturated carbocycles. The third kappa shape index (κ3) is 103. The van der Waals surface area contributed by atoms with Gasteiger partial charge in [0.25, 0.3) is 0 Å². The highest BCUT2D eigenvalue weighted by atomic mass is 36.0. The van der Waals surface area contributed by atoms with E-state index >= 15 is 0 Å². The van der Waals surface area contributed by atoms with Crippen LogP contribution in [-0.4, -0.2) is 20.2 Å². The summed E-state index contributed by atoms with van der Waals surface area (Å²) in [7, 11) is 4.81. The van der Waals surface area contributed by atoms with E-state index in [4.69, 9.17) is 31.6 Å². The molecule has 0 aromatic carbocycles. The summed E-state index contributed by atoms with van der Waals surface area (Å²) >= 11 is 10.1. The maximum absolute atomic E-state index is 9.16. The minimum atomic E-state index is -3.72. The predicted octanol–water partition coefficient (Wildman–Crippen LogP) is 2.17. The predicted molar refractivity (Wildman–Crippen MR) is 42.1 cm³/mol. The lowest BCUT2D eigenvalue weighted by atomic mass is 11.0. The highest BCUT2D eigenvalue weighted by molar-refractivity contribution is 8.31. The molecule has 0 heterocycles. The van der Waals surface area contributed by atoms with Gasteiger partial charge in [-0.3, -0.25) is 0 Å². The van der Waals surface area contributed by atoms with Gasteiger partial charge in [-0.2, -0.15) is 8.42 Å². The summed E-state index contributed by atoms with van der Waals surface area (Å²) in [6.45, 7) is 0. The van der Waals surface area contributed by atoms with Crippen LogP contribution in [0.3, 0.4) is 0 Å². The Bertz CT molecular complexity index is 120. The van der Waals surface area contributed by atoms with Crippen molar-refractivity contribution in [3.8, 4) is 0 Å². The van der Waals surface area contributed by atoms with Crippen molar-refractivity contribution in [2.75, 3.05) is 11.8 Å². The van der Waals surface area contributed by atoms with E-state index in [0.29, 0.717) is 11.8 Å². The molecule has 0 amide bonds. The Hall–Kier alpha value is 1.11. The lowest BCUT2D eigenvalue weighted by molar-refractivity contribution is 0.621. The lowest BCUT2D eigenvalue weighted by Crippen LogP contribution is -1.63. The fraction of sp³-hybridized carbons (Fsp3) is 1.00. The monoisotopic (exact) mass is 232 g/mol. The molecule has 0 aliphatic heterocycles. The Morgan fingerprint density at radius 1 is 1.00 bits per heavy atom. The molecule has 0 saturated heterocycles. The molecule has 0 fully saturated rings. The molecule has 0 unspecified atom stereocenters. The fourth-order valence-electron chi connectivity index (χ4n) is 0. The molecule has 7 heteroatoms. The molecule has 0 N–H and O–H groups in total. The first-order chi connectivity index (χ1) is 3.91. The van der Waals surface area contributed by atoms with Gasteiger partial charge in [0.05, 0.1) is 0 Å². The second-order valence-electron chi connectivity index (χ2n) is 0.756. The minimum absolute atomic E-state index is 0.557. The molecular weight excluding hydrogens is 230 g/mol. The Balaban J connectivity index is 0. The van der Waals surface area contributed by atoms with Crippen LogP contribution in [0.25, 0.3) is 0 Å². The Labute approximate surface area is 73.0 Å². The normalized spacial score (nSPS) is 9.78. The second kappa shape index (κ2) is 7.22. The Morgan fingerprint density at radius 3 is 1.11 bits per heavy atom. The van der Waals surface area contributed by atoms with Crippen LogP contribution in [0.2, 0.25) is 0 Å². The van der Waals surface area contributed by atoms with Crippen LogP contribution >= 0.6 is 44.6 Å². The summed E-state index contributed by atoms with van der Waals surface area (Å²) in [6.07, 6.45) is 0. The van der Waals surface area contributed by atoms with Gasteiger partial charge in [-0.15, -0.1) is 23.2 Å². The topological polar surface area (TPSA) is 34.1 Å². The average Bonchev–Trinajstić information content (AvgIpc) is 1.61. The van der Waals surface area contributed by atoms with Crippen molar-refractivity contribution >= 4 is 52.8 Å². The van der Waals surface area contributed by atoms with Crippen LogP contribution in [0.5, 0.6) is 0 Å². The maximum Gasteiger partial charge on any atom is 0.317 e. The Kier molecular flexibility index (Phi) is 10.2. The van der Waals surface area contributed by atoms with Crippen LogP contribution in [-0.2, 0) is 8.26 Å². The number of hydrogen-bond acceptors (Lipinski definition) is 2. The van der Waals surface area contributed by atoms with Gasteiger partial charge < -0.3 is 0 Å². The summed E-state index contributed by atoms with van der Waals surface area (Å²) in [5.41, 5.74) is 0. The average molecular weight is 234 g/mol. The molecule has 0 radical (unpaired) electrons. The van der Waals surface area contributed by atoms with Crippen molar-refractivity contribution in [1.82, 2.24) is 0 Å². The molecule has 58 valence electrons. The molecule has 0 aliphatic rings. The van der Waals surface area contributed by atoms with E-state index < -0.39 is 8.26 Å². The summed E-state index contributed by atoms with van der Waals surface area (Å²) in [5.74, 6) is 1.11. The molecule has 0 bridgehead atoms. The zero-order valence-electron chi connectivity index (χ0n) is 4.15. The minimum Gasteiger partial charge on any atom is -0.195 e. The summed E-state index contributed by atoms with van der Waals surface area (Å²) in [6, 6.07) is 0. The smallest absolute Gasteiger partial charge is 0.195 e. The summed E-state index contributed by atoms with van der Waals surface area (Å²) in [5, 5.41) is 0. The van der Waals surface area contributed by atoms with E-state index in [-0.39, 0.29) is 0 Å². The zero-order valence-corrected chi connectivity index (χ0v) is 7.99. The van der Waals surface area contributed by atoms with E-state index in [2.05, 4.69) is 21.4 Å². The summed E-state index contributed by atoms with van der Waals surface area (Å²) < 4.78 is 18.3. The van der Waals surface area contributed by atoms with Gasteiger partial charge in [-0.05, 0) is 0 Å². The third-order valence-electron chi connectivity index (χ3n) is 0.0714. The lowest BCUT2D eigenvalue weighted by Gasteiger charge is -1.63. The van der Waals surface area contributed by atoms with Crippen molar-refractivity contribution in [1.29, 1.82) is 0 Å². The van der Waals surface area contributed by atoms with E-state index in [1.165, 1.54) is 0 Å². The first-order valence-corrected chi connectivity index (χ1v) is 5.88. The van der Waals surface area contributed by atoms with Gasteiger partial charge in [0.2, 0.25) is 0 Å². The molecule has 9 heavy (non-hydrogen) atoms. The van der Waals surface area contributed by atoms with Crippen molar-refractivity contribution in [3.05, 3.63) is 0 Å². The third-order valence-corrected chi connectivity index (χ3v) is 0.643. The van der Waals surface area contributed by atoms with Gasteiger partial charge in [0.1, 0.15) is 0 Å². The van der Waals surface area contributed by atoms with Crippen molar-refractivity contribution in [2.24, 2.45) is 0 Å². The van der Waals surface area contributed by atoms with Gasteiger partial charge >= 0.3 is 8.26 Å². The number of alkyl halides is 2. The van der Waals surface area contributed by atoms with E-state index in [1.807, 2.05) is 0 Å². The highest BCUT2D eigenvalue weighted by Crippen LogP contribution is 1.98. The fourth-order valence-corrected chi connectivity index (χ4v) is 0. The molecule has 0 aliphatic carbocycles. The summed E-state index contributed by atoms with van der Waals surface area (Å²) in [4.78, 5) is 0. The molecule has 2 nitrogen and oxygen atoms in total. The zero-order chi connectivity index (χ0) is 7.91. The van der Waals surface area contributed by atoms with Crippen LogP contribution in [0.4, 0.5) is 0 Å². The van der Waals surface area contributed by atoms with Gasteiger partial charge in [-0.25, -0.2) is 0 Å². The number of rotatable bonds is 1.